The van der Waals surface area contributed by atoms with Crippen molar-refractivity contribution in [2.75, 3.05) is 13.2 Å². The van der Waals surface area contributed by atoms with Crippen LogP contribution in [0.5, 0.6) is 11.5 Å². The highest BCUT2D eigenvalue weighted by Crippen LogP contribution is 2.28. The minimum absolute atomic E-state index is 0.185. The van der Waals surface area contributed by atoms with Crippen LogP contribution in [0.1, 0.15) is 14.5 Å². The second-order valence-corrected chi connectivity index (χ2v) is 5.26. The van der Waals surface area contributed by atoms with Crippen LogP contribution < -0.4 is 9.47 Å². The summed E-state index contributed by atoms with van der Waals surface area (Å²) in [5, 5.41) is 9.00. The van der Waals surface area contributed by atoms with E-state index in [0.717, 1.165) is 4.88 Å². The molecule has 0 atom stereocenters. The summed E-state index contributed by atoms with van der Waals surface area (Å²) in [5.41, 5.74) is 0. The van der Waals surface area contributed by atoms with E-state index < -0.39 is 5.97 Å². The summed E-state index contributed by atoms with van der Waals surface area (Å²) in [7, 11) is 0. The van der Waals surface area contributed by atoms with Crippen LogP contribution in [-0.2, 0) is 0 Å². The molecule has 0 saturated heterocycles. The van der Waals surface area contributed by atoms with Gasteiger partial charge in [-0.3, -0.25) is 0 Å². The highest BCUT2D eigenvalue weighted by molar-refractivity contribution is 7.14. The topological polar surface area (TPSA) is 55.8 Å². The minimum Gasteiger partial charge on any atom is -0.490 e. The van der Waals surface area contributed by atoms with Gasteiger partial charge in [0.15, 0.2) is 4.88 Å². The largest absolute Gasteiger partial charge is 0.490 e. The van der Waals surface area contributed by atoms with Crippen LogP contribution in [0.4, 0.5) is 4.39 Å². The Bertz CT molecular complexity index is 592. The normalized spacial score (nSPS) is 10.3. The lowest BCUT2D eigenvalue weighted by Gasteiger charge is -2.07. The fourth-order valence-electron chi connectivity index (χ4n) is 1.59. The van der Waals surface area contributed by atoms with Gasteiger partial charge in [-0.05, 0) is 37.3 Å². The number of aryl methyl sites for hydroxylation is 1. The molecule has 0 unspecified atom stereocenters. The van der Waals surface area contributed by atoms with Gasteiger partial charge in [0.05, 0.1) is 0 Å². The first-order chi connectivity index (χ1) is 9.56. The Morgan fingerprint density at radius 2 is 1.90 bits per heavy atom. The Labute approximate surface area is 119 Å². The van der Waals surface area contributed by atoms with Gasteiger partial charge in [0.2, 0.25) is 0 Å². The third-order valence-electron chi connectivity index (χ3n) is 2.44. The second-order valence-electron chi connectivity index (χ2n) is 4.01. The number of thiophene rings is 1. The molecule has 6 heteroatoms. The Morgan fingerprint density at radius 1 is 1.25 bits per heavy atom. The number of aromatic carboxylic acids is 1. The smallest absolute Gasteiger partial charge is 0.349 e. The zero-order valence-corrected chi connectivity index (χ0v) is 11.6. The van der Waals surface area contributed by atoms with Gasteiger partial charge in [-0.1, -0.05) is 0 Å². The van der Waals surface area contributed by atoms with E-state index in [2.05, 4.69) is 0 Å². The number of hydrogen-bond donors (Lipinski definition) is 1. The van der Waals surface area contributed by atoms with Crippen molar-refractivity contribution in [3.63, 3.8) is 0 Å². The van der Waals surface area contributed by atoms with Gasteiger partial charge in [-0.25, -0.2) is 9.18 Å². The number of halogens is 1. The number of rotatable bonds is 6. The van der Waals surface area contributed by atoms with Crippen molar-refractivity contribution in [3.8, 4) is 11.5 Å². The molecule has 1 heterocycles. The quantitative estimate of drug-likeness (QED) is 0.831. The lowest BCUT2D eigenvalue weighted by molar-refractivity contribution is 0.0697. The molecule has 0 aliphatic rings. The molecule has 0 saturated carbocycles. The Morgan fingerprint density at radius 3 is 2.55 bits per heavy atom. The van der Waals surface area contributed by atoms with Crippen molar-refractivity contribution < 1.29 is 23.8 Å². The number of carboxylic acids is 1. The van der Waals surface area contributed by atoms with Crippen LogP contribution in [0.25, 0.3) is 0 Å². The molecule has 0 radical (unpaired) electrons. The van der Waals surface area contributed by atoms with Gasteiger partial charge >= 0.3 is 5.97 Å². The standard InChI is InChI=1S/C14H13FO4S/c1-9-8-12(13(20-9)14(16)17)19-7-6-18-11-4-2-10(15)3-5-11/h2-5,8H,6-7H2,1H3,(H,16,17). The van der Waals surface area contributed by atoms with Crippen LogP contribution in [0, 0.1) is 12.7 Å². The van der Waals surface area contributed by atoms with Crippen molar-refractivity contribution in [3.05, 3.63) is 45.9 Å². The fourth-order valence-corrected chi connectivity index (χ4v) is 2.38. The first kappa shape index (κ1) is 14.3. The number of benzene rings is 1. The van der Waals surface area contributed by atoms with Gasteiger partial charge in [0, 0.05) is 4.88 Å². The number of carboxylic acid groups (broad SMARTS) is 1. The summed E-state index contributed by atoms with van der Waals surface area (Å²) < 4.78 is 23.4. The summed E-state index contributed by atoms with van der Waals surface area (Å²) in [6.45, 7) is 2.28. The van der Waals surface area contributed by atoms with Crippen molar-refractivity contribution in [1.29, 1.82) is 0 Å². The predicted octanol–water partition coefficient (Wildman–Crippen LogP) is 3.35. The van der Waals surface area contributed by atoms with Crippen molar-refractivity contribution >= 4 is 17.3 Å². The van der Waals surface area contributed by atoms with E-state index in [0.29, 0.717) is 11.5 Å². The molecule has 1 N–H and O–H groups in total. The zero-order chi connectivity index (χ0) is 14.5. The number of hydrogen-bond acceptors (Lipinski definition) is 4. The van der Waals surface area contributed by atoms with E-state index in [4.69, 9.17) is 14.6 Å². The molecule has 0 aliphatic carbocycles. The molecule has 106 valence electrons. The molecule has 0 bridgehead atoms. The minimum atomic E-state index is -1.00. The molecule has 0 aliphatic heterocycles. The van der Waals surface area contributed by atoms with Crippen LogP contribution in [0.15, 0.2) is 30.3 Å². The first-order valence-corrected chi connectivity index (χ1v) is 6.73. The molecule has 1 aromatic carbocycles. The van der Waals surface area contributed by atoms with Gasteiger partial charge < -0.3 is 14.6 Å². The Hall–Kier alpha value is -2.08. The van der Waals surface area contributed by atoms with E-state index >= 15 is 0 Å². The molecule has 1 aromatic heterocycles. The Kier molecular flexibility index (Phi) is 4.57. The molecule has 2 rings (SSSR count). The second kappa shape index (κ2) is 6.38. The maximum Gasteiger partial charge on any atom is 0.349 e. The summed E-state index contributed by atoms with van der Waals surface area (Å²) in [6.07, 6.45) is 0. The van der Waals surface area contributed by atoms with Gasteiger partial charge in [-0.15, -0.1) is 11.3 Å². The van der Waals surface area contributed by atoms with E-state index in [9.17, 15) is 9.18 Å². The molecule has 2 aromatic rings. The average molecular weight is 296 g/mol. The average Bonchev–Trinajstić information content (AvgIpc) is 2.78. The van der Waals surface area contributed by atoms with Crippen molar-refractivity contribution in [2.45, 2.75) is 6.92 Å². The lowest BCUT2D eigenvalue weighted by Crippen LogP contribution is -2.10. The fraction of sp³-hybridized carbons (Fsp3) is 0.214. The molecule has 0 fully saturated rings. The molecular weight excluding hydrogens is 283 g/mol. The van der Waals surface area contributed by atoms with E-state index in [1.165, 1.54) is 35.6 Å². The molecule has 0 spiro atoms. The molecule has 20 heavy (non-hydrogen) atoms. The summed E-state index contributed by atoms with van der Waals surface area (Å²) in [4.78, 5) is 12.0. The van der Waals surface area contributed by atoms with Crippen molar-refractivity contribution in [2.24, 2.45) is 0 Å². The monoisotopic (exact) mass is 296 g/mol. The maximum atomic E-state index is 12.7. The highest BCUT2D eigenvalue weighted by atomic mass is 32.1. The maximum absolute atomic E-state index is 12.7. The van der Waals surface area contributed by atoms with Gasteiger partial charge in [-0.2, -0.15) is 0 Å². The molecule has 0 amide bonds. The van der Waals surface area contributed by atoms with Crippen LogP contribution in [0.2, 0.25) is 0 Å². The van der Waals surface area contributed by atoms with E-state index in [1.807, 2.05) is 6.92 Å². The van der Waals surface area contributed by atoms with Gasteiger partial charge in [0.1, 0.15) is 30.5 Å². The summed E-state index contributed by atoms with van der Waals surface area (Å²) in [5.74, 6) is -0.441. The third-order valence-corrected chi connectivity index (χ3v) is 3.46. The highest BCUT2D eigenvalue weighted by Gasteiger charge is 2.15. The summed E-state index contributed by atoms with van der Waals surface area (Å²) in [6, 6.07) is 7.34. The number of carbonyl (C=O) groups is 1. The summed E-state index contributed by atoms with van der Waals surface area (Å²) >= 11 is 1.17. The lowest BCUT2D eigenvalue weighted by atomic mass is 10.3. The van der Waals surface area contributed by atoms with Crippen molar-refractivity contribution in [1.82, 2.24) is 0 Å². The first-order valence-electron chi connectivity index (χ1n) is 5.91. The molecular formula is C14H13FO4S. The predicted molar refractivity (Wildman–Crippen MR) is 73.4 cm³/mol. The molecule has 4 nitrogen and oxygen atoms in total. The van der Waals surface area contributed by atoms with E-state index in [1.54, 1.807) is 6.07 Å². The Balaban J connectivity index is 1.84. The third kappa shape index (κ3) is 3.71. The van der Waals surface area contributed by atoms with Crippen LogP contribution in [0.3, 0.4) is 0 Å². The SMILES string of the molecule is Cc1cc(OCCOc2ccc(F)cc2)c(C(=O)O)s1. The van der Waals surface area contributed by atoms with Gasteiger partial charge in [0.25, 0.3) is 0 Å². The van der Waals surface area contributed by atoms with Crippen LogP contribution in [-0.4, -0.2) is 24.3 Å². The van der Waals surface area contributed by atoms with E-state index in [-0.39, 0.29) is 23.9 Å². The van der Waals surface area contributed by atoms with Crippen LogP contribution >= 0.6 is 11.3 Å². The number of ether oxygens (including phenoxy) is 2. The zero-order valence-electron chi connectivity index (χ0n) is 10.8.